The van der Waals surface area contributed by atoms with Crippen LogP contribution in [0.15, 0.2) is 29.1 Å². The van der Waals surface area contributed by atoms with E-state index >= 15 is 0 Å². The van der Waals surface area contributed by atoms with Crippen molar-refractivity contribution in [3.05, 3.63) is 46.0 Å². The number of hydrogen-bond acceptors (Lipinski definition) is 3. The maximum Gasteiger partial charge on any atom is 0.287 e. The minimum Gasteiger partial charge on any atom is -0.300 e. The first-order valence-corrected chi connectivity index (χ1v) is 6.05. The van der Waals surface area contributed by atoms with Crippen LogP contribution in [0.5, 0.6) is 0 Å². The van der Waals surface area contributed by atoms with Crippen molar-refractivity contribution in [2.75, 3.05) is 0 Å². The van der Waals surface area contributed by atoms with Crippen molar-refractivity contribution in [1.29, 1.82) is 5.26 Å². The zero-order valence-electron chi connectivity index (χ0n) is 9.40. The molecule has 3 nitrogen and oxygen atoms in total. The molecular weight excluding hydrogens is 251 g/mol. The number of rotatable bonds is 0. The molecule has 0 atom stereocenters. The Bertz CT molecular complexity index is 886. The molecule has 3 aromatic rings. The molecule has 88 valence electrons. The lowest BCUT2D eigenvalue weighted by Gasteiger charge is -1.99. The van der Waals surface area contributed by atoms with Crippen LogP contribution in [0.4, 0.5) is 4.39 Å². The lowest BCUT2D eigenvalue weighted by Crippen LogP contribution is -2.19. The maximum absolute atomic E-state index is 13.5. The predicted octanol–water partition coefficient (Wildman–Crippen LogP) is 2.76. The average molecular weight is 258 g/mol. The van der Waals surface area contributed by atoms with Gasteiger partial charge in [0, 0.05) is 22.5 Å². The number of nitrogens with zero attached hydrogens (tertiary/aromatic N) is 2. The van der Waals surface area contributed by atoms with Gasteiger partial charge in [-0.15, -0.1) is 11.3 Å². The zero-order valence-corrected chi connectivity index (χ0v) is 10.2. The zero-order chi connectivity index (χ0) is 12.9. The summed E-state index contributed by atoms with van der Waals surface area (Å²) in [6.07, 6.45) is 0. The topological polar surface area (TPSA) is 45.8 Å². The number of hydrogen-bond donors (Lipinski definition) is 0. The molecule has 0 saturated carbocycles. The standard InChI is InChI=1S/C13H7FN2OS/c1-16-12(17)10(14)5-9-8-4-7(6-15)2-3-11(8)18-13(9)16/h2-5H,1H3. The van der Waals surface area contributed by atoms with Crippen LogP contribution < -0.4 is 5.56 Å². The van der Waals surface area contributed by atoms with Crippen molar-refractivity contribution < 1.29 is 4.39 Å². The van der Waals surface area contributed by atoms with E-state index in [1.165, 1.54) is 22.0 Å². The highest BCUT2D eigenvalue weighted by Gasteiger charge is 2.12. The van der Waals surface area contributed by atoms with Gasteiger partial charge in [0.1, 0.15) is 4.83 Å². The molecule has 0 spiro atoms. The van der Waals surface area contributed by atoms with Crippen LogP contribution >= 0.6 is 11.3 Å². The molecule has 0 amide bonds. The Labute approximate surface area is 105 Å². The highest BCUT2D eigenvalue weighted by atomic mass is 32.1. The third-order valence-corrected chi connectivity index (χ3v) is 4.18. The Kier molecular flexibility index (Phi) is 2.22. The molecule has 0 radical (unpaired) electrons. The van der Waals surface area contributed by atoms with E-state index in [2.05, 4.69) is 6.07 Å². The van der Waals surface area contributed by atoms with Crippen molar-refractivity contribution in [2.24, 2.45) is 7.05 Å². The second kappa shape index (κ2) is 3.65. The van der Waals surface area contributed by atoms with E-state index in [9.17, 15) is 9.18 Å². The number of halogens is 1. The van der Waals surface area contributed by atoms with Crippen LogP contribution in [0.25, 0.3) is 20.3 Å². The Hall–Kier alpha value is -2.19. The smallest absolute Gasteiger partial charge is 0.287 e. The molecule has 0 saturated heterocycles. The summed E-state index contributed by atoms with van der Waals surface area (Å²) in [6.45, 7) is 0. The molecule has 0 aliphatic heterocycles. The number of thiophene rings is 1. The van der Waals surface area contributed by atoms with Crippen LogP contribution in [0.2, 0.25) is 0 Å². The molecular formula is C13H7FN2OS. The lowest BCUT2D eigenvalue weighted by molar-refractivity contribution is 0.598. The van der Waals surface area contributed by atoms with Crippen molar-refractivity contribution >= 4 is 31.6 Å². The fourth-order valence-corrected chi connectivity index (χ4v) is 3.12. The number of pyridine rings is 1. The molecule has 1 aromatic carbocycles. The third kappa shape index (κ3) is 1.36. The van der Waals surface area contributed by atoms with Crippen molar-refractivity contribution in [2.45, 2.75) is 0 Å². The van der Waals surface area contributed by atoms with Gasteiger partial charge in [-0.25, -0.2) is 4.39 Å². The Morgan fingerprint density at radius 3 is 2.83 bits per heavy atom. The maximum atomic E-state index is 13.5. The van der Waals surface area contributed by atoms with E-state index in [-0.39, 0.29) is 0 Å². The van der Waals surface area contributed by atoms with Gasteiger partial charge in [-0.2, -0.15) is 5.26 Å². The van der Waals surface area contributed by atoms with Crippen LogP contribution in [0.1, 0.15) is 5.56 Å². The van der Waals surface area contributed by atoms with E-state index in [4.69, 9.17) is 5.26 Å². The van der Waals surface area contributed by atoms with Crippen LogP contribution in [-0.2, 0) is 7.05 Å². The first-order valence-electron chi connectivity index (χ1n) is 5.23. The van der Waals surface area contributed by atoms with Gasteiger partial charge < -0.3 is 4.57 Å². The van der Waals surface area contributed by atoms with Gasteiger partial charge in [0.2, 0.25) is 0 Å². The quantitative estimate of drug-likeness (QED) is 0.622. The van der Waals surface area contributed by atoms with Crippen LogP contribution in [-0.4, -0.2) is 4.57 Å². The molecule has 3 rings (SSSR count). The first-order chi connectivity index (χ1) is 8.61. The van der Waals surface area contributed by atoms with Gasteiger partial charge in [0.25, 0.3) is 5.56 Å². The minimum atomic E-state index is -0.771. The third-order valence-electron chi connectivity index (χ3n) is 2.92. The fraction of sp³-hybridized carbons (Fsp3) is 0.0769. The van der Waals surface area contributed by atoms with Crippen molar-refractivity contribution in [1.82, 2.24) is 4.57 Å². The summed E-state index contributed by atoms with van der Waals surface area (Å²) in [7, 11) is 1.55. The summed E-state index contributed by atoms with van der Waals surface area (Å²) in [5.41, 5.74) is -0.106. The number of aromatic nitrogens is 1. The molecule has 0 N–H and O–H groups in total. The number of nitriles is 1. The van der Waals surface area contributed by atoms with Crippen molar-refractivity contribution in [3.63, 3.8) is 0 Å². The van der Waals surface area contributed by atoms with Gasteiger partial charge >= 0.3 is 0 Å². The number of fused-ring (bicyclic) bond motifs is 3. The highest BCUT2D eigenvalue weighted by Crippen LogP contribution is 2.33. The van der Waals surface area contributed by atoms with Crippen LogP contribution in [0, 0.1) is 17.1 Å². The fourth-order valence-electron chi connectivity index (χ4n) is 2.00. The molecule has 18 heavy (non-hydrogen) atoms. The summed E-state index contributed by atoms with van der Waals surface area (Å²) in [5, 5.41) is 10.4. The first kappa shape index (κ1) is 10.9. The molecule has 0 fully saturated rings. The molecule has 0 aliphatic rings. The summed E-state index contributed by atoms with van der Waals surface area (Å²) < 4.78 is 15.7. The van der Waals surface area contributed by atoms with Crippen LogP contribution in [0.3, 0.4) is 0 Å². The van der Waals surface area contributed by atoms with Gasteiger partial charge in [0.05, 0.1) is 11.6 Å². The van der Waals surface area contributed by atoms with E-state index < -0.39 is 11.4 Å². The summed E-state index contributed by atoms with van der Waals surface area (Å²) in [5.74, 6) is -0.771. The molecule has 2 aromatic heterocycles. The largest absolute Gasteiger partial charge is 0.300 e. The minimum absolute atomic E-state index is 0.525. The number of benzene rings is 1. The van der Waals surface area contributed by atoms with Crippen molar-refractivity contribution in [3.8, 4) is 6.07 Å². The monoisotopic (exact) mass is 258 g/mol. The highest BCUT2D eigenvalue weighted by molar-refractivity contribution is 7.25. The van der Waals surface area contributed by atoms with E-state index in [1.54, 1.807) is 19.2 Å². The lowest BCUT2D eigenvalue weighted by atomic mass is 10.1. The Morgan fingerprint density at radius 2 is 2.11 bits per heavy atom. The second-order valence-electron chi connectivity index (χ2n) is 4.00. The SMILES string of the molecule is Cn1c(=O)c(F)cc2c3cc(C#N)ccc3sc21. The summed E-state index contributed by atoms with van der Waals surface area (Å²) in [6, 6.07) is 8.56. The normalized spacial score (nSPS) is 10.9. The molecule has 5 heteroatoms. The molecule has 2 heterocycles. The molecule has 0 bridgehead atoms. The summed E-state index contributed by atoms with van der Waals surface area (Å²) in [4.78, 5) is 12.2. The number of aryl methyl sites for hydroxylation is 1. The van der Waals surface area contributed by atoms with Gasteiger partial charge in [-0.1, -0.05) is 0 Å². The summed E-state index contributed by atoms with van der Waals surface area (Å²) >= 11 is 1.42. The molecule has 0 aliphatic carbocycles. The van der Waals surface area contributed by atoms with Gasteiger partial charge in [-0.3, -0.25) is 4.79 Å². The average Bonchev–Trinajstić information content (AvgIpc) is 2.74. The Balaban J connectivity index is 2.58. The van der Waals surface area contributed by atoms with Gasteiger partial charge in [-0.05, 0) is 24.3 Å². The predicted molar refractivity (Wildman–Crippen MR) is 69.2 cm³/mol. The van der Waals surface area contributed by atoms with E-state index in [0.29, 0.717) is 15.8 Å². The second-order valence-corrected chi connectivity index (χ2v) is 5.03. The van der Waals surface area contributed by atoms with Gasteiger partial charge in [0.15, 0.2) is 5.82 Å². The molecule has 0 unspecified atom stereocenters. The van der Waals surface area contributed by atoms with E-state index in [1.807, 2.05) is 6.07 Å². The Morgan fingerprint density at radius 1 is 1.33 bits per heavy atom. The van der Waals surface area contributed by atoms with E-state index in [0.717, 1.165) is 10.1 Å².